The minimum Gasteiger partial charge on any atom is -0.462 e. The number of rotatable bonds is 5. The predicted octanol–water partition coefficient (Wildman–Crippen LogP) is 4.24. The summed E-state index contributed by atoms with van der Waals surface area (Å²) in [5.74, 6) is 3.43. The number of imidazole rings is 1. The number of aliphatic imine (C=N–C) groups is 1. The Bertz CT molecular complexity index is 1180. The molecule has 0 bridgehead atoms. The van der Waals surface area contributed by atoms with Crippen molar-refractivity contribution >= 4 is 17.9 Å². The van der Waals surface area contributed by atoms with Gasteiger partial charge in [0.2, 0.25) is 5.95 Å². The quantitative estimate of drug-likeness (QED) is 0.721. The number of amidine groups is 1. The Morgan fingerprint density at radius 2 is 2.12 bits per heavy atom. The smallest absolute Gasteiger partial charge is 0.203 e. The van der Waals surface area contributed by atoms with Gasteiger partial charge in [0.05, 0.1) is 18.3 Å². The van der Waals surface area contributed by atoms with Crippen LogP contribution < -0.4 is 15.4 Å². The van der Waals surface area contributed by atoms with Crippen molar-refractivity contribution in [2.75, 3.05) is 18.4 Å². The third-order valence-corrected chi connectivity index (χ3v) is 6.41. The molecule has 0 fully saturated rings. The first-order chi connectivity index (χ1) is 15.9. The fourth-order valence-electron chi connectivity index (χ4n) is 4.47. The summed E-state index contributed by atoms with van der Waals surface area (Å²) >= 11 is 0. The van der Waals surface area contributed by atoms with E-state index in [0.717, 1.165) is 67.0 Å². The fourth-order valence-corrected chi connectivity index (χ4v) is 4.47. The van der Waals surface area contributed by atoms with Crippen LogP contribution in [-0.2, 0) is 13.5 Å². The van der Waals surface area contributed by atoms with Crippen molar-refractivity contribution in [1.29, 1.82) is 0 Å². The molecule has 0 amide bonds. The van der Waals surface area contributed by atoms with Gasteiger partial charge in [0.1, 0.15) is 23.0 Å². The maximum atomic E-state index is 6.21. The van der Waals surface area contributed by atoms with Crippen molar-refractivity contribution in [3.05, 3.63) is 65.0 Å². The molecule has 1 atom stereocenters. The molecule has 2 N–H and O–H groups in total. The van der Waals surface area contributed by atoms with Crippen LogP contribution in [0, 0.1) is 5.41 Å². The summed E-state index contributed by atoms with van der Waals surface area (Å²) in [5.41, 5.74) is 4.65. The van der Waals surface area contributed by atoms with Crippen LogP contribution in [0.2, 0.25) is 0 Å². The van der Waals surface area contributed by atoms with Crippen molar-refractivity contribution in [1.82, 2.24) is 19.9 Å². The zero-order chi connectivity index (χ0) is 23.0. The number of anilines is 1. The van der Waals surface area contributed by atoms with E-state index >= 15 is 0 Å². The van der Waals surface area contributed by atoms with E-state index in [2.05, 4.69) is 77.3 Å². The highest BCUT2D eigenvalue weighted by molar-refractivity contribution is 5.98. The molecule has 1 aliphatic heterocycles. The average molecular weight is 445 g/mol. The van der Waals surface area contributed by atoms with E-state index in [9.17, 15) is 0 Å². The van der Waals surface area contributed by atoms with Gasteiger partial charge in [-0.2, -0.15) is 0 Å². The Balaban J connectivity index is 1.31. The molecular weight excluding hydrogens is 412 g/mol. The lowest BCUT2D eigenvalue weighted by Crippen LogP contribution is -2.25. The van der Waals surface area contributed by atoms with Gasteiger partial charge in [0.15, 0.2) is 0 Å². The molecule has 0 spiro atoms. The largest absolute Gasteiger partial charge is 0.462 e. The summed E-state index contributed by atoms with van der Waals surface area (Å²) in [6.45, 7) is 8.45. The molecule has 33 heavy (non-hydrogen) atoms. The highest BCUT2D eigenvalue weighted by atomic mass is 16.5. The third-order valence-electron chi connectivity index (χ3n) is 6.41. The van der Waals surface area contributed by atoms with E-state index < -0.39 is 0 Å². The number of hydrogen-bond donors (Lipinski definition) is 2. The van der Waals surface area contributed by atoms with E-state index in [0.29, 0.717) is 0 Å². The molecule has 0 radical (unpaired) electrons. The van der Waals surface area contributed by atoms with Crippen molar-refractivity contribution in [3.63, 3.8) is 0 Å². The van der Waals surface area contributed by atoms with E-state index in [1.807, 2.05) is 12.1 Å². The Morgan fingerprint density at radius 1 is 1.24 bits per heavy atom. The molecule has 2 aliphatic carbocycles. The number of nitrogens with zero attached hydrogens (tertiary/aromatic N) is 4. The first-order valence-corrected chi connectivity index (χ1v) is 11.7. The Kier molecular flexibility index (Phi) is 5.56. The second-order valence-electron chi connectivity index (χ2n) is 9.85. The number of nitrogens with one attached hydrogen (secondary N) is 2. The predicted molar refractivity (Wildman–Crippen MR) is 132 cm³/mol. The maximum absolute atomic E-state index is 6.21. The van der Waals surface area contributed by atoms with Crippen LogP contribution in [0.1, 0.15) is 50.7 Å². The zero-order valence-electron chi connectivity index (χ0n) is 19.9. The van der Waals surface area contributed by atoms with Crippen molar-refractivity contribution in [2.24, 2.45) is 17.5 Å². The SMILES string of the molecule is Cn1c(NC2C=CC=C(C(C)(C)C)C2)nc2c1CCC(Oc1ccnc(C3=NCCN3)c1)=C2. The molecule has 172 valence electrons. The zero-order valence-corrected chi connectivity index (χ0v) is 19.9. The molecule has 7 nitrogen and oxygen atoms in total. The summed E-state index contributed by atoms with van der Waals surface area (Å²) in [4.78, 5) is 13.8. The molecule has 2 aromatic heterocycles. The van der Waals surface area contributed by atoms with Gasteiger partial charge in [-0.1, -0.05) is 44.6 Å². The number of ether oxygens (including phenoxy) is 1. The lowest BCUT2D eigenvalue weighted by Gasteiger charge is -2.28. The van der Waals surface area contributed by atoms with Crippen LogP contribution in [-0.4, -0.2) is 39.5 Å². The van der Waals surface area contributed by atoms with Crippen molar-refractivity contribution in [3.8, 4) is 5.75 Å². The van der Waals surface area contributed by atoms with E-state index in [4.69, 9.17) is 9.72 Å². The summed E-state index contributed by atoms with van der Waals surface area (Å²) in [7, 11) is 2.09. The third kappa shape index (κ3) is 4.58. The van der Waals surface area contributed by atoms with Crippen molar-refractivity contribution in [2.45, 2.75) is 46.1 Å². The van der Waals surface area contributed by atoms with Gasteiger partial charge in [-0.05, 0) is 24.3 Å². The maximum Gasteiger partial charge on any atom is 0.203 e. The lowest BCUT2D eigenvalue weighted by atomic mass is 9.81. The normalized spacial score (nSPS) is 19.9. The first-order valence-electron chi connectivity index (χ1n) is 11.7. The van der Waals surface area contributed by atoms with Gasteiger partial charge in [-0.25, -0.2) is 4.98 Å². The van der Waals surface area contributed by atoms with Gasteiger partial charge in [-0.3, -0.25) is 9.98 Å². The molecule has 0 saturated carbocycles. The average Bonchev–Trinajstić information content (AvgIpc) is 3.43. The van der Waals surface area contributed by atoms with Crippen LogP contribution >= 0.6 is 0 Å². The van der Waals surface area contributed by atoms with Gasteiger partial charge in [-0.15, -0.1) is 0 Å². The number of hydrogen-bond acceptors (Lipinski definition) is 6. The molecular formula is C26H32N6O. The first kappa shape index (κ1) is 21.5. The van der Waals surface area contributed by atoms with Crippen LogP contribution in [0.4, 0.5) is 5.95 Å². The molecule has 0 aromatic carbocycles. The number of aromatic nitrogens is 3. The molecule has 3 aliphatic rings. The number of allylic oxidation sites excluding steroid dienone is 3. The lowest BCUT2D eigenvalue weighted by molar-refractivity contribution is 0.404. The van der Waals surface area contributed by atoms with Gasteiger partial charge in [0, 0.05) is 44.0 Å². The summed E-state index contributed by atoms with van der Waals surface area (Å²) < 4.78 is 8.39. The van der Waals surface area contributed by atoms with E-state index in [1.165, 1.54) is 11.3 Å². The standard InChI is InChI=1S/C26H32N6O/c1-26(2,3)17-6-5-7-18(14-17)30-25-31-21-15-19(8-9-23(21)32(25)4)33-20-10-11-27-22(16-20)24-28-12-13-29-24/h5-7,10-11,15-16,18H,8-9,12-14H2,1-4H3,(H,28,29)(H,30,31). The van der Waals surface area contributed by atoms with Crippen LogP contribution in [0.3, 0.4) is 0 Å². The number of fused-ring (bicyclic) bond motifs is 1. The second kappa shape index (κ2) is 8.54. The monoisotopic (exact) mass is 444 g/mol. The highest BCUT2D eigenvalue weighted by Gasteiger charge is 2.24. The topological polar surface area (TPSA) is 76.4 Å². The van der Waals surface area contributed by atoms with Crippen molar-refractivity contribution < 1.29 is 4.74 Å². The summed E-state index contributed by atoms with van der Waals surface area (Å²) in [6, 6.07) is 4.07. The molecule has 1 unspecified atom stereocenters. The highest BCUT2D eigenvalue weighted by Crippen LogP contribution is 2.33. The van der Waals surface area contributed by atoms with Gasteiger partial charge < -0.3 is 19.9 Å². The Labute approximate surface area is 195 Å². The molecule has 5 rings (SSSR count). The van der Waals surface area contributed by atoms with Gasteiger partial charge in [0.25, 0.3) is 0 Å². The van der Waals surface area contributed by atoms with E-state index in [-0.39, 0.29) is 11.5 Å². The summed E-state index contributed by atoms with van der Waals surface area (Å²) in [5, 5.41) is 6.90. The van der Waals surface area contributed by atoms with Gasteiger partial charge >= 0.3 is 0 Å². The van der Waals surface area contributed by atoms with Crippen LogP contribution in [0.5, 0.6) is 5.75 Å². The minimum absolute atomic E-state index is 0.174. The molecule has 2 aromatic rings. The summed E-state index contributed by atoms with van der Waals surface area (Å²) in [6.07, 6.45) is 13.2. The van der Waals surface area contributed by atoms with Crippen LogP contribution in [0.25, 0.3) is 6.08 Å². The second-order valence-corrected chi connectivity index (χ2v) is 9.85. The fraction of sp³-hybridized carbons (Fsp3) is 0.423. The number of pyridine rings is 1. The molecule has 7 heteroatoms. The Morgan fingerprint density at radius 3 is 2.91 bits per heavy atom. The molecule has 3 heterocycles. The van der Waals surface area contributed by atoms with Crippen LogP contribution in [0.15, 0.2) is 52.9 Å². The Hall–Kier alpha value is -3.35. The minimum atomic E-state index is 0.174. The molecule has 0 saturated heterocycles. The van der Waals surface area contributed by atoms with E-state index in [1.54, 1.807) is 6.20 Å².